The third-order valence-electron chi connectivity index (χ3n) is 2.30. The summed E-state index contributed by atoms with van der Waals surface area (Å²) in [5.74, 6) is 0.785. The molecule has 0 heterocycles. The number of carbonyl (C=O) groups is 1. The highest BCUT2D eigenvalue weighted by molar-refractivity contribution is 5.76. The Morgan fingerprint density at radius 3 is 2.20 bits per heavy atom. The minimum Gasteiger partial charge on any atom is -0.338 e. The van der Waals surface area contributed by atoms with E-state index in [1.165, 1.54) is 0 Å². The Labute approximate surface area is 95.0 Å². The van der Waals surface area contributed by atoms with E-state index in [9.17, 15) is 4.79 Å². The first-order chi connectivity index (χ1) is 6.79. The average Bonchev–Trinajstić information content (AvgIpc) is 2.08. The van der Waals surface area contributed by atoms with Crippen molar-refractivity contribution in [2.24, 2.45) is 5.92 Å². The van der Waals surface area contributed by atoms with Crippen molar-refractivity contribution in [3.63, 3.8) is 0 Å². The summed E-state index contributed by atoms with van der Waals surface area (Å²) in [4.78, 5) is 14.0. The van der Waals surface area contributed by atoms with Crippen LogP contribution in [0.4, 0.5) is 0 Å². The quantitative estimate of drug-likeness (QED) is 0.685. The smallest absolute Gasteiger partial charge is 0.223 e. The van der Waals surface area contributed by atoms with E-state index in [0.29, 0.717) is 12.3 Å². The lowest BCUT2D eigenvalue weighted by Gasteiger charge is -2.37. The summed E-state index contributed by atoms with van der Waals surface area (Å²) in [7, 11) is 0. The predicted molar refractivity (Wildman–Crippen MR) is 65.5 cm³/mol. The Hall–Kier alpha value is -0.530. The van der Waals surface area contributed by atoms with Gasteiger partial charge in [-0.2, -0.15) is 0 Å². The first-order valence-electron chi connectivity index (χ1n) is 5.88. The van der Waals surface area contributed by atoms with E-state index in [2.05, 4.69) is 41.5 Å². The highest BCUT2D eigenvalue weighted by Gasteiger charge is 2.26. The summed E-state index contributed by atoms with van der Waals surface area (Å²) in [6.07, 6.45) is 2.36. The maximum Gasteiger partial charge on any atom is 0.223 e. The van der Waals surface area contributed by atoms with Gasteiger partial charge in [-0.25, -0.2) is 0 Å². The van der Waals surface area contributed by atoms with Crippen molar-refractivity contribution in [3.05, 3.63) is 6.92 Å². The third kappa shape index (κ3) is 5.81. The molecule has 0 aromatic carbocycles. The molecule has 0 atom stereocenters. The van der Waals surface area contributed by atoms with Crippen molar-refractivity contribution in [2.45, 2.75) is 59.4 Å². The van der Waals surface area contributed by atoms with Gasteiger partial charge < -0.3 is 4.90 Å². The van der Waals surface area contributed by atoms with Crippen LogP contribution in [0.5, 0.6) is 0 Å². The van der Waals surface area contributed by atoms with Crippen LogP contribution in [0.1, 0.15) is 53.9 Å². The summed E-state index contributed by atoms with van der Waals surface area (Å²) in [5, 5.41) is 0. The summed E-state index contributed by atoms with van der Waals surface area (Å²) in [5.41, 5.74) is -0.0669. The number of amides is 1. The molecular formula is C13H26NO. The molecule has 89 valence electrons. The van der Waals surface area contributed by atoms with Crippen LogP contribution in [0.2, 0.25) is 0 Å². The van der Waals surface area contributed by atoms with Gasteiger partial charge in [-0.3, -0.25) is 4.79 Å². The molecule has 0 aliphatic heterocycles. The van der Waals surface area contributed by atoms with Crippen molar-refractivity contribution in [1.82, 2.24) is 4.90 Å². The number of unbranched alkanes of at least 4 members (excludes halogenated alkanes) is 1. The van der Waals surface area contributed by atoms with E-state index in [0.717, 1.165) is 19.4 Å². The van der Waals surface area contributed by atoms with Crippen LogP contribution in [0.15, 0.2) is 0 Å². The third-order valence-corrected chi connectivity index (χ3v) is 2.30. The van der Waals surface area contributed by atoms with Crippen molar-refractivity contribution >= 4 is 5.91 Å². The van der Waals surface area contributed by atoms with E-state index in [-0.39, 0.29) is 11.4 Å². The Morgan fingerprint density at radius 2 is 1.87 bits per heavy atom. The molecule has 2 nitrogen and oxygen atoms in total. The molecule has 0 aromatic heterocycles. The normalized spacial score (nSPS) is 11.9. The van der Waals surface area contributed by atoms with Crippen LogP contribution in [0, 0.1) is 12.8 Å². The van der Waals surface area contributed by atoms with Crippen LogP contribution < -0.4 is 0 Å². The Bertz CT molecular complexity index is 191. The number of rotatable bonds is 5. The molecular weight excluding hydrogens is 186 g/mol. The van der Waals surface area contributed by atoms with E-state index in [1.807, 2.05) is 4.90 Å². The zero-order valence-electron chi connectivity index (χ0n) is 11.0. The van der Waals surface area contributed by atoms with E-state index >= 15 is 0 Å². The molecule has 0 rings (SSSR count). The first-order valence-corrected chi connectivity index (χ1v) is 5.88. The minimum atomic E-state index is -0.0669. The molecule has 0 aromatic rings. The summed E-state index contributed by atoms with van der Waals surface area (Å²) in [6.45, 7) is 15.2. The second-order valence-corrected chi connectivity index (χ2v) is 5.53. The van der Waals surface area contributed by atoms with Gasteiger partial charge in [0, 0.05) is 18.5 Å². The maximum absolute atomic E-state index is 12.0. The van der Waals surface area contributed by atoms with Crippen molar-refractivity contribution in [1.29, 1.82) is 0 Å². The number of nitrogens with zero attached hydrogens (tertiary/aromatic N) is 1. The van der Waals surface area contributed by atoms with Crippen molar-refractivity contribution < 1.29 is 4.79 Å². The van der Waals surface area contributed by atoms with E-state index in [1.54, 1.807) is 0 Å². The van der Waals surface area contributed by atoms with Crippen LogP contribution >= 0.6 is 0 Å². The van der Waals surface area contributed by atoms with Crippen LogP contribution in [0.25, 0.3) is 0 Å². The zero-order valence-corrected chi connectivity index (χ0v) is 11.0. The highest BCUT2D eigenvalue weighted by Crippen LogP contribution is 2.17. The van der Waals surface area contributed by atoms with Gasteiger partial charge in [0.25, 0.3) is 0 Å². The largest absolute Gasteiger partial charge is 0.338 e. The van der Waals surface area contributed by atoms with Gasteiger partial charge >= 0.3 is 0 Å². The van der Waals surface area contributed by atoms with Crippen LogP contribution in [-0.2, 0) is 4.79 Å². The molecule has 0 unspecified atom stereocenters. The van der Waals surface area contributed by atoms with Crippen molar-refractivity contribution in [2.75, 3.05) is 6.54 Å². The average molecular weight is 212 g/mol. The van der Waals surface area contributed by atoms with Crippen LogP contribution in [0.3, 0.4) is 0 Å². The summed E-state index contributed by atoms with van der Waals surface area (Å²) in [6, 6.07) is 0. The standard InChI is InChI=1S/C13H26NO/c1-7-8-9-12(15)14(10-11(2)3)13(4,5)6/h11H,1,7-10H2,2-6H3. The molecule has 2 heteroatoms. The number of carbonyl (C=O) groups excluding carboxylic acids is 1. The minimum absolute atomic E-state index is 0.0669. The lowest BCUT2D eigenvalue weighted by atomic mass is 10.0. The molecule has 0 fully saturated rings. The first kappa shape index (κ1) is 14.5. The van der Waals surface area contributed by atoms with Gasteiger partial charge in [0.05, 0.1) is 0 Å². The van der Waals surface area contributed by atoms with E-state index in [4.69, 9.17) is 0 Å². The highest BCUT2D eigenvalue weighted by atomic mass is 16.2. The molecule has 0 spiro atoms. The fraction of sp³-hybridized carbons (Fsp3) is 0.846. The number of hydrogen-bond donors (Lipinski definition) is 0. The Balaban J connectivity index is 4.42. The fourth-order valence-electron chi connectivity index (χ4n) is 1.53. The molecule has 1 radical (unpaired) electrons. The Morgan fingerprint density at radius 1 is 1.33 bits per heavy atom. The SMILES string of the molecule is [CH2]CCCC(=O)N(CC(C)C)C(C)(C)C. The molecule has 0 saturated heterocycles. The van der Waals surface area contributed by atoms with Gasteiger partial charge in [-0.15, -0.1) is 0 Å². The topological polar surface area (TPSA) is 20.3 Å². The van der Waals surface area contributed by atoms with Gasteiger partial charge in [-0.05, 0) is 33.1 Å². The molecule has 0 N–H and O–H groups in total. The fourth-order valence-corrected chi connectivity index (χ4v) is 1.53. The molecule has 0 bridgehead atoms. The summed E-state index contributed by atoms with van der Waals surface area (Å²) >= 11 is 0. The second-order valence-electron chi connectivity index (χ2n) is 5.53. The van der Waals surface area contributed by atoms with Gasteiger partial charge in [0.2, 0.25) is 5.91 Å². The molecule has 0 saturated carbocycles. The maximum atomic E-state index is 12.0. The van der Waals surface area contributed by atoms with E-state index < -0.39 is 0 Å². The van der Waals surface area contributed by atoms with Crippen LogP contribution in [-0.4, -0.2) is 22.9 Å². The predicted octanol–water partition coefficient (Wildman–Crippen LogP) is 3.27. The monoisotopic (exact) mass is 212 g/mol. The number of hydrogen-bond acceptors (Lipinski definition) is 1. The van der Waals surface area contributed by atoms with Gasteiger partial charge in [-0.1, -0.05) is 27.2 Å². The summed E-state index contributed by atoms with van der Waals surface area (Å²) < 4.78 is 0. The Kier molecular flexibility index (Phi) is 5.92. The molecule has 0 aliphatic carbocycles. The van der Waals surface area contributed by atoms with Crippen molar-refractivity contribution in [3.8, 4) is 0 Å². The molecule has 15 heavy (non-hydrogen) atoms. The lowest BCUT2D eigenvalue weighted by molar-refractivity contribution is -0.136. The molecule has 0 aliphatic rings. The van der Waals surface area contributed by atoms with Gasteiger partial charge in [0.1, 0.15) is 0 Å². The van der Waals surface area contributed by atoms with Gasteiger partial charge in [0.15, 0.2) is 0 Å². The lowest BCUT2D eigenvalue weighted by Crippen LogP contribution is -2.47. The molecule has 1 amide bonds. The second kappa shape index (κ2) is 6.14. The zero-order chi connectivity index (χ0) is 12.1.